The second kappa shape index (κ2) is 28.5. The summed E-state index contributed by atoms with van der Waals surface area (Å²) in [5.74, 6) is 0. The molecule has 0 saturated heterocycles. The molecule has 0 aliphatic carbocycles. The number of aromatic nitrogens is 3. The van der Waals surface area contributed by atoms with Crippen molar-refractivity contribution < 1.29 is 11.0 Å². The average molecular weight is 1620 g/mol. The van der Waals surface area contributed by atoms with Gasteiger partial charge in [0.1, 0.15) is 0 Å². The standard InChI is InChI=1S/C118H114BN5/c1-112(2,3)77-51-43-73(44-52-77)92-65-81(116(13,14)15)66-93(74-45-53-78(54-46-74)113(4,5)6)109(92)123-103-71-85(121-98-39-29-25-35-87(98)88-36-26-30-40-99(88)121)59-62-96(103)119-97-63-60-86(122-100-41-31-27-37-89(100)90-61-64-102-107(111(90)122)91-38-28-32-42-101(91)120(102)84-33-23-22-24-34-84)72-104(97)124(106-70-83(118(19,20)21)69-105(123)108(106)119)110-94(75-47-55-79(56-48-75)114(7,8)9)67-82(117(16,17)18)68-95(110)76-49-57-80(58-50-76)115(10,11)12/h22-72H,1-21H3/i25D,26D,29D,30D,35D,36D,39D,40D. The predicted molar refractivity (Wildman–Crippen MR) is 536 cm³/mol. The van der Waals surface area contributed by atoms with E-state index in [1.165, 1.54) is 27.8 Å². The minimum Gasteiger partial charge on any atom is -0.310 e. The molecule has 3 aromatic heterocycles. The Morgan fingerprint density at radius 2 is 0.581 bits per heavy atom. The Labute approximate surface area is 745 Å². The van der Waals surface area contributed by atoms with Crippen LogP contribution in [0.1, 0.15) is 195 Å². The molecule has 5 nitrogen and oxygen atoms in total. The molecule has 614 valence electrons. The van der Waals surface area contributed by atoms with Crippen LogP contribution in [0.2, 0.25) is 0 Å². The number of anilines is 6. The lowest BCUT2D eigenvalue weighted by Gasteiger charge is -2.47. The molecule has 0 amide bonds. The Hall–Kier alpha value is -12.6. The second-order valence-corrected chi connectivity index (χ2v) is 42.1. The van der Waals surface area contributed by atoms with Gasteiger partial charge in [0.25, 0.3) is 6.71 Å². The van der Waals surface area contributed by atoms with Gasteiger partial charge in [0, 0.05) is 94.4 Å². The van der Waals surface area contributed by atoms with Crippen molar-refractivity contribution in [1.29, 1.82) is 0 Å². The summed E-state index contributed by atoms with van der Waals surface area (Å²) in [5, 5.41) is 4.55. The lowest BCUT2D eigenvalue weighted by molar-refractivity contribution is 0.589. The van der Waals surface area contributed by atoms with E-state index in [9.17, 15) is 11.0 Å². The van der Waals surface area contributed by atoms with Crippen LogP contribution in [0.3, 0.4) is 0 Å². The van der Waals surface area contributed by atoms with Crippen molar-refractivity contribution in [3.05, 3.63) is 348 Å². The van der Waals surface area contributed by atoms with Crippen molar-refractivity contribution in [3.63, 3.8) is 0 Å². The number of para-hydroxylation sites is 5. The highest BCUT2D eigenvalue weighted by molar-refractivity contribution is 7.00. The Bertz CT molecular complexity index is 7620. The van der Waals surface area contributed by atoms with E-state index in [1.807, 2.05) is 6.07 Å². The number of hydrogen-bond acceptors (Lipinski definition) is 2. The average Bonchev–Trinajstić information content (AvgIpc) is 0.842. The third-order valence-electron chi connectivity index (χ3n) is 26.6. The first-order valence-electron chi connectivity index (χ1n) is 48.2. The predicted octanol–water partition coefficient (Wildman–Crippen LogP) is 30.8. The number of rotatable bonds is 9. The zero-order chi connectivity index (χ0) is 93.5. The van der Waals surface area contributed by atoms with Crippen LogP contribution in [0.5, 0.6) is 0 Å². The van der Waals surface area contributed by atoms with Crippen molar-refractivity contribution in [1.82, 2.24) is 13.7 Å². The smallest absolute Gasteiger partial charge is 0.252 e. The number of nitrogens with zero attached hydrogens (tertiary/aromatic N) is 5. The zero-order valence-electron chi connectivity index (χ0n) is 83.6. The van der Waals surface area contributed by atoms with Crippen LogP contribution in [0.4, 0.5) is 34.1 Å². The fourth-order valence-corrected chi connectivity index (χ4v) is 19.6. The molecule has 6 heteroatoms. The van der Waals surface area contributed by atoms with Crippen molar-refractivity contribution >= 4 is 123 Å². The van der Waals surface area contributed by atoms with Gasteiger partial charge in [0.2, 0.25) is 0 Å². The van der Waals surface area contributed by atoms with Crippen LogP contribution < -0.4 is 26.2 Å². The number of benzene rings is 15. The first-order valence-corrected chi connectivity index (χ1v) is 44.2. The van der Waals surface area contributed by atoms with Gasteiger partial charge in [0.05, 0.1) is 55.4 Å². The Morgan fingerprint density at radius 3 is 0.976 bits per heavy atom. The van der Waals surface area contributed by atoms with Crippen LogP contribution >= 0.6 is 0 Å². The van der Waals surface area contributed by atoms with Gasteiger partial charge in [-0.1, -0.05) is 352 Å². The van der Waals surface area contributed by atoms with Crippen LogP contribution in [-0.4, -0.2) is 20.4 Å². The van der Waals surface area contributed by atoms with Gasteiger partial charge in [-0.05, 0) is 219 Å². The molecule has 2 aliphatic heterocycles. The summed E-state index contributed by atoms with van der Waals surface area (Å²) in [6.07, 6.45) is 0. The molecule has 0 saturated carbocycles. The van der Waals surface area contributed by atoms with Crippen molar-refractivity contribution in [2.24, 2.45) is 0 Å². The fraction of sp³-hybridized carbons (Fsp3) is 0.237. The molecule has 124 heavy (non-hydrogen) atoms. The molecule has 0 unspecified atom stereocenters. The van der Waals surface area contributed by atoms with E-state index in [-0.39, 0.29) is 66.4 Å². The summed E-state index contributed by atoms with van der Waals surface area (Å²) in [6.45, 7) is 47.6. The van der Waals surface area contributed by atoms with Gasteiger partial charge < -0.3 is 23.5 Å². The first kappa shape index (κ1) is 70.9. The quantitative estimate of drug-likeness (QED) is 0.134. The van der Waals surface area contributed by atoms with E-state index in [0.717, 1.165) is 161 Å². The molecule has 0 bridgehead atoms. The van der Waals surface area contributed by atoms with E-state index in [4.69, 9.17) is 0 Å². The minimum absolute atomic E-state index is 0.00901. The normalized spacial score (nSPS) is 14.4. The molecule has 0 spiro atoms. The maximum absolute atomic E-state index is 10.1. The number of fused-ring (bicyclic) bond motifs is 14. The first-order chi connectivity index (χ1) is 62.3. The van der Waals surface area contributed by atoms with Crippen molar-refractivity contribution in [2.45, 2.75) is 183 Å². The minimum atomic E-state index is -0.568. The molecule has 5 heterocycles. The van der Waals surface area contributed by atoms with Gasteiger partial charge in [-0.2, -0.15) is 0 Å². The third kappa shape index (κ3) is 13.2. The summed E-state index contributed by atoms with van der Waals surface area (Å²) in [4.78, 5) is 5.21. The molecule has 18 aromatic rings. The lowest BCUT2D eigenvalue weighted by atomic mass is 9.33. The summed E-state index contributed by atoms with van der Waals surface area (Å²) in [5.41, 5.74) is 29.9. The molecular formula is C118H114BN5. The summed E-state index contributed by atoms with van der Waals surface area (Å²) < 4.78 is 84.0. The van der Waals surface area contributed by atoms with Crippen LogP contribution in [0.25, 0.3) is 127 Å². The van der Waals surface area contributed by atoms with Gasteiger partial charge in [-0.15, -0.1) is 0 Å². The van der Waals surface area contributed by atoms with Crippen molar-refractivity contribution in [2.75, 3.05) is 9.80 Å². The van der Waals surface area contributed by atoms with Gasteiger partial charge in [-0.25, -0.2) is 0 Å². The molecular weight excluding hydrogens is 1500 g/mol. The van der Waals surface area contributed by atoms with E-state index in [2.05, 4.69) is 419 Å². The maximum Gasteiger partial charge on any atom is 0.252 e. The second-order valence-electron chi connectivity index (χ2n) is 42.1. The topological polar surface area (TPSA) is 21.3 Å². The zero-order valence-corrected chi connectivity index (χ0v) is 75.6. The highest BCUT2D eigenvalue weighted by Crippen LogP contribution is 2.57. The molecule has 15 aromatic carbocycles. The third-order valence-corrected chi connectivity index (χ3v) is 26.6. The fourth-order valence-electron chi connectivity index (χ4n) is 19.6. The Kier molecular flexibility index (Phi) is 16.3. The van der Waals surface area contributed by atoms with Gasteiger partial charge in [0.15, 0.2) is 0 Å². The van der Waals surface area contributed by atoms with Gasteiger partial charge >= 0.3 is 0 Å². The van der Waals surface area contributed by atoms with Crippen molar-refractivity contribution in [3.8, 4) is 61.6 Å². The van der Waals surface area contributed by atoms with E-state index in [0.29, 0.717) is 5.69 Å². The Balaban J connectivity index is 1.01. The van der Waals surface area contributed by atoms with Crippen LogP contribution in [-0.2, 0) is 37.9 Å². The summed E-state index contributed by atoms with van der Waals surface area (Å²) >= 11 is 0. The molecule has 0 N–H and O–H groups in total. The van der Waals surface area contributed by atoms with E-state index >= 15 is 0 Å². The largest absolute Gasteiger partial charge is 0.310 e. The van der Waals surface area contributed by atoms with Crippen LogP contribution in [0, 0.1) is 0 Å². The lowest BCUT2D eigenvalue weighted by Crippen LogP contribution is -2.61. The molecule has 20 rings (SSSR count). The molecule has 0 atom stereocenters. The van der Waals surface area contributed by atoms with Gasteiger partial charge in [-0.3, -0.25) is 0 Å². The monoisotopic (exact) mass is 1620 g/mol. The van der Waals surface area contributed by atoms with Crippen LogP contribution in [0.15, 0.2) is 309 Å². The summed E-state index contributed by atoms with van der Waals surface area (Å²) in [7, 11) is 0. The Morgan fingerprint density at radius 1 is 0.242 bits per heavy atom. The maximum atomic E-state index is 10.1. The van der Waals surface area contributed by atoms with E-state index < -0.39 is 48.4 Å². The number of hydrogen-bond donors (Lipinski definition) is 0. The van der Waals surface area contributed by atoms with E-state index in [1.54, 1.807) is 4.57 Å². The highest BCUT2D eigenvalue weighted by Gasteiger charge is 2.47. The highest BCUT2D eigenvalue weighted by atomic mass is 15.2. The SMILES string of the molecule is [2H]c1c([2H])c([2H])c2c(c1[2H])c1c([2H])c([2H])c([2H])c([2H])c1n2-c1ccc2c(c1)N(c1c(-c3ccc(C(C)(C)C)cc3)cc(C(C)(C)C)cc1-c1ccc(C(C)(C)C)cc1)c1cc(C(C)(C)C)cc3c1B2c1ccc(-n2c4ccccc4c4ccc5c(c6ccccc6n5-c5ccccc5)c42)cc1N3c1c(-c2ccc(C(C)(C)C)cc2)cc(C(C)(C)C)cc1-c1ccc(C(C)(C)C)cc1. The summed E-state index contributed by atoms with van der Waals surface area (Å²) in [6, 6.07) is 95.1. The molecule has 0 fully saturated rings. The molecule has 2 aliphatic rings. The molecule has 0 radical (unpaired) electrons.